The highest BCUT2D eigenvalue weighted by Crippen LogP contribution is 2.15. The first-order valence-corrected chi connectivity index (χ1v) is 9.41. The van der Waals surface area contributed by atoms with Crippen LogP contribution in [0.25, 0.3) is 0 Å². The molecule has 27 heavy (non-hydrogen) atoms. The Morgan fingerprint density at radius 1 is 0.815 bits per heavy atom. The standard InChI is InChI=1S/C23H27N3O/c24-14-17-26(16-13-20-6-2-1-3-7-20)18-21-9-11-23(12-10-21)27-19-22-8-4-5-15-25-22/h1-12,15H,13-14,16-19,24H2. The molecule has 0 aliphatic heterocycles. The maximum atomic E-state index is 5.81. The Bertz CT molecular complexity index is 776. The van der Waals surface area contributed by atoms with Gasteiger partial charge < -0.3 is 10.5 Å². The summed E-state index contributed by atoms with van der Waals surface area (Å²) in [7, 11) is 0. The van der Waals surface area contributed by atoms with E-state index in [4.69, 9.17) is 10.5 Å². The second-order valence-corrected chi connectivity index (χ2v) is 6.55. The lowest BCUT2D eigenvalue weighted by Crippen LogP contribution is -2.31. The lowest BCUT2D eigenvalue weighted by Gasteiger charge is -2.22. The minimum atomic E-state index is 0.483. The summed E-state index contributed by atoms with van der Waals surface area (Å²) in [5, 5.41) is 0. The number of rotatable bonds is 10. The molecule has 4 heteroatoms. The molecule has 1 aromatic heterocycles. The molecule has 0 bridgehead atoms. The van der Waals surface area contributed by atoms with Crippen LogP contribution in [-0.2, 0) is 19.6 Å². The molecule has 3 rings (SSSR count). The quantitative estimate of drug-likeness (QED) is 0.599. The lowest BCUT2D eigenvalue weighted by atomic mass is 10.1. The number of ether oxygens (including phenoxy) is 1. The fourth-order valence-corrected chi connectivity index (χ4v) is 2.97. The highest BCUT2D eigenvalue weighted by molar-refractivity contribution is 5.27. The van der Waals surface area contributed by atoms with Gasteiger partial charge in [0.2, 0.25) is 0 Å². The largest absolute Gasteiger partial charge is 0.487 e. The van der Waals surface area contributed by atoms with E-state index in [0.29, 0.717) is 13.2 Å². The Kier molecular flexibility index (Phi) is 7.39. The van der Waals surface area contributed by atoms with Gasteiger partial charge in [0.1, 0.15) is 12.4 Å². The fourth-order valence-electron chi connectivity index (χ4n) is 2.97. The van der Waals surface area contributed by atoms with Crippen LogP contribution in [0.15, 0.2) is 79.0 Å². The summed E-state index contributed by atoms with van der Waals surface area (Å²) in [5.41, 5.74) is 9.36. The maximum absolute atomic E-state index is 5.81. The van der Waals surface area contributed by atoms with Crippen LogP contribution in [0.4, 0.5) is 0 Å². The normalized spacial score (nSPS) is 10.9. The molecule has 0 atom stereocenters. The topological polar surface area (TPSA) is 51.4 Å². The molecule has 0 spiro atoms. The van der Waals surface area contributed by atoms with E-state index in [2.05, 4.69) is 52.3 Å². The summed E-state index contributed by atoms with van der Waals surface area (Å²) in [4.78, 5) is 6.67. The van der Waals surface area contributed by atoms with Crippen LogP contribution in [0, 0.1) is 0 Å². The molecule has 0 unspecified atom stereocenters. The van der Waals surface area contributed by atoms with Crippen LogP contribution in [-0.4, -0.2) is 29.5 Å². The van der Waals surface area contributed by atoms with Crippen LogP contribution in [0.2, 0.25) is 0 Å². The van der Waals surface area contributed by atoms with Crippen LogP contribution in [0.3, 0.4) is 0 Å². The second-order valence-electron chi connectivity index (χ2n) is 6.55. The maximum Gasteiger partial charge on any atom is 0.130 e. The Hall–Kier alpha value is -2.69. The Labute approximate surface area is 161 Å². The number of hydrogen-bond donors (Lipinski definition) is 1. The first-order chi connectivity index (χ1) is 13.3. The third kappa shape index (κ3) is 6.51. The van der Waals surface area contributed by atoms with Crippen molar-refractivity contribution in [3.63, 3.8) is 0 Å². The molecule has 0 amide bonds. The molecule has 0 saturated heterocycles. The third-order valence-electron chi connectivity index (χ3n) is 4.45. The number of nitrogens with zero attached hydrogens (tertiary/aromatic N) is 2. The van der Waals surface area contributed by atoms with E-state index in [1.807, 2.05) is 30.3 Å². The summed E-state index contributed by atoms with van der Waals surface area (Å²) in [6.07, 6.45) is 2.81. The number of nitrogens with two attached hydrogens (primary N) is 1. The molecule has 2 N–H and O–H groups in total. The molecular weight excluding hydrogens is 334 g/mol. The van der Waals surface area contributed by atoms with Gasteiger partial charge in [0, 0.05) is 32.4 Å². The van der Waals surface area contributed by atoms with E-state index in [1.165, 1.54) is 11.1 Å². The Morgan fingerprint density at radius 3 is 2.30 bits per heavy atom. The molecule has 4 nitrogen and oxygen atoms in total. The minimum absolute atomic E-state index is 0.483. The summed E-state index contributed by atoms with van der Waals surface area (Å²) in [6.45, 7) is 3.94. The number of benzene rings is 2. The van der Waals surface area contributed by atoms with Gasteiger partial charge in [0.15, 0.2) is 0 Å². The van der Waals surface area contributed by atoms with Crippen molar-refractivity contribution in [2.75, 3.05) is 19.6 Å². The second kappa shape index (κ2) is 10.5. The van der Waals surface area contributed by atoms with Crippen LogP contribution >= 0.6 is 0 Å². The monoisotopic (exact) mass is 361 g/mol. The smallest absolute Gasteiger partial charge is 0.130 e. The van der Waals surface area contributed by atoms with Crippen LogP contribution < -0.4 is 10.5 Å². The molecule has 140 valence electrons. The van der Waals surface area contributed by atoms with Crippen molar-refractivity contribution in [2.24, 2.45) is 5.73 Å². The predicted octanol–water partition coefficient (Wildman–Crippen LogP) is 3.66. The number of aromatic nitrogens is 1. The molecule has 0 fully saturated rings. The minimum Gasteiger partial charge on any atom is -0.487 e. The summed E-state index contributed by atoms with van der Waals surface area (Å²) >= 11 is 0. The van der Waals surface area contributed by atoms with E-state index < -0.39 is 0 Å². The van der Waals surface area contributed by atoms with Gasteiger partial charge in [-0.05, 0) is 41.8 Å². The van der Waals surface area contributed by atoms with Gasteiger partial charge in [-0.1, -0.05) is 48.5 Å². The van der Waals surface area contributed by atoms with Crippen molar-refractivity contribution in [3.8, 4) is 5.75 Å². The number of pyridine rings is 1. The molecule has 0 radical (unpaired) electrons. The van der Waals surface area contributed by atoms with Crippen molar-refractivity contribution in [1.29, 1.82) is 0 Å². The zero-order valence-electron chi connectivity index (χ0n) is 15.6. The van der Waals surface area contributed by atoms with Gasteiger partial charge >= 0.3 is 0 Å². The first kappa shape index (κ1) is 19.1. The van der Waals surface area contributed by atoms with Gasteiger partial charge in [0.05, 0.1) is 5.69 Å². The lowest BCUT2D eigenvalue weighted by molar-refractivity contribution is 0.275. The SMILES string of the molecule is NCCN(CCc1ccccc1)Cc1ccc(OCc2ccccn2)cc1. The van der Waals surface area contributed by atoms with E-state index in [-0.39, 0.29) is 0 Å². The van der Waals surface area contributed by atoms with E-state index in [1.54, 1.807) is 6.20 Å². The molecule has 0 aliphatic rings. The van der Waals surface area contributed by atoms with Gasteiger partial charge in [-0.25, -0.2) is 0 Å². The molecule has 0 saturated carbocycles. The van der Waals surface area contributed by atoms with Crippen LogP contribution in [0.5, 0.6) is 5.75 Å². The van der Waals surface area contributed by atoms with E-state index >= 15 is 0 Å². The van der Waals surface area contributed by atoms with Crippen molar-refractivity contribution in [2.45, 2.75) is 19.6 Å². The average Bonchev–Trinajstić information content (AvgIpc) is 2.73. The van der Waals surface area contributed by atoms with E-state index in [0.717, 1.165) is 37.5 Å². The van der Waals surface area contributed by atoms with Crippen molar-refractivity contribution >= 4 is 0 Å². The molecule has 3 aromatic rings. The van der Waals surface area contributed by atoms with Crippen molar-refractivity contribution in [1.82, 2.24) is 9.88 Å². The third-order valence-corrected chi connectivity index (χ3v) is 4.45. The van der Waals surface area contributed by atoms with Gasteiger partial charge in [-0.15, -0.1) is 0 Å². The Balaban J connectivity index is 1.51. The number of hydrogen-bond acceptors (Lipinski definition) is 4. The first-order valence-electron chi connectivity index (χ1n) is 9.41. The zero-order valence-corrected chi connectivity index (χ0v) is 15.6. The van der Waals surface area contributed by atoms with Crippen molar-refractivity contribution in [3.05, 3.63) is 95.8 Å². The molecule has 0 aliphatic carbocycles. The summed E-state index contributed by atoms with van der Waals surface area (Å²) < 4.78 is 5.81. The molecule has 2 aromatic carbocycles. The van der Waals surface area contributed by atoms with E-state index in [9.17, 15) is 0 Å². The fraction of sp³-hybridized carbons (Fsp3) is 0.261. The highest BCUT2D eigenvalue weighted by atomic mass is 16.5. The summed E-state index contributed by atoms with van der Waals surface area (Å²) in [6, 6.07) is 24.7. The molecule has 1 heterocycles. The average molecular weight is 361 g/mol. The zero-order chi connectivity index (χ0) is 18.7. The summed E-state index contributed by atoms with van der Waals surface area (Å²) in [5.74, 6) is 0.860. The van der Waals surface area contributed by atoms with Crippen LogP contribution in [0.1, 0.15) is 16.8 Å². The van der Waals surface area contributed by atoms with Gasteiger partial charge in [-0.2, -0.15) is 0 Å². The predicted molar refractivity (Wildman–Crippen MR) is 109 cm³/mol. The van der Waals surface area contributed by atoms with Gasteiger partial charge in [-0.3, -0.25) is 9.88 Å². The Morgan fingerprint density at radius 2 is 1.59 bits per heavy atom. The molecular formula is C23H27N3O. The van der Waals surface area contributed by atoms with Crippen molar-refractivity contribution < 1.29 is 4.74 Å². The highest BCUT2D eigenvalue weighted by Gasteiger charge is 2.06. The van der Waals surface area contributed by atoms with Gasteiger partial charge in [0.25, 0.3) is 0 Å².